The van der Waals surface area contributed by atoms with E-state index in [2.05, 4.69) is 31.2 Å². The fourth-order valence-electron chi connectivity index (χ4n) is 2.26. The van der Waals surface area contributed by atoms with E-state index in [-0.39, 0.29) is 5.78 Å². The lowest BCUT2D eigenvalue weighted by Crippen LogP contribution is -2.06. The van der Waals surface area contributed by atoms with Crippen LogP contribution in [0.4, 0.5) is 0 Å². The summed E-state index contributed by atoms with van der Waals surface area (Å²) in [6.07, 6.45) is 1.14. The number of hydrogen-bond donors (Lipinski definition) is 0. The van der Waals surface area contributed by atoms with Gasteiger partial charge in [0.05, 0.1) is 14.2 Å². The maximum Gasteiger partial charge on any atom is 0.170 e. The Bertz CT molecular complexity index is 593. The van der Waals surface area contributed by atoms with Gasteiger partial charge in [-0.1, -0.05) is 35.9 Å². The number of rotatable bonds is 6. The summed E-state index contributed by atoms with van der Waals surface area (Å²) in [5.74, 6) is 1.15. The SMILES string of the molecule is COc1cccc(OC)c1C(=O)CCc1ccc(C)cc1. The van der Waals surface area contributed by atoms with Crippen molar-refractivity contribution in [1.29, 1.82) is 0 Å². The van der Waals surface area contributed by atoms with Crippen LogP contribution in [0.5, 0.6) is 11.5 Å². The molecule has 0 radical (unpaired) electrons. The Morgan fingerprint density at radius 3 is 2.05 bits per heavy atom. The van der Waals surface area contributed by atoms with E-state index >= 15 is 0 Å². The third-order valence-electron chi connectivity index (χ3n) is 3.47. The Kier molecular flexibility index (Phi) is 4.99. The molecule has 0 unspecified atom stereocenters. The molecule has 0 aliphatic heterocycles. The molecule has 110 valence electrons. The molecule has 0 bridgehead atoms. The van der Waals surface area contributed by atoms with Gasteiger partial charge in [-0.05, 0) is 31.0 Å². The first kappa shape index (κ1) is 15.1. The van der Waals surface area contributed by atoms with Crippen molar-refractivity contribution in [3.05, 3.63) is 59.2 Å². The first-order chi connectivity index (χ1) is 10.2. The molecule has 3 heteroatoms. The van der Waals surface area contributed by atoms with Gasteiger partial charge in [-0.15, -0.1) is 0 Å². The van der Waals surface area contributed by atoms with Crippen molar-refractivity contribution in [2.45, 2.75) is 19.8 Å². The van der Waals surface area contributed by atoms with E-state index in [0.29, 0.717) is 29.9 Å². The summed E-state index contributed by atoms with van der Waals surface area (Å²) in [5.41, 5.74) is 2.90. The minimum atomic E-state index is 0.0323. The zero-order chi connectivity index (χ0) is 15.2. The van der Waals surface area contributed by atoms with Crippen LogP contribution in [0.1, 0.15) is 27.9 Å². The van der Waals surface area contributed by atoms with Gasteiger partial charge in [0.2, 0.25) is 0 Å². The van der Waals surface area contributed by atoms with Gasteiger partial charge in [0.1, 0.15) is 17.1 Å². The molecule has 2 aromatic rings. The van der Waals surface area contributed by atoms with Gasteiger partial charge in [-0.2, -0.15) is 0 Å². The smallest absolute Gasteiger partial charge is 0.170 e. The summed E-state index contributed by atoms with van der Waals surface area (Å²) < 4.78 is 10.6. The second-order valence-corrected chi connectivity index (χ2v) is 4.95. The maximum atomic E-state index is 12.5. The topological polar surface area (TPSA) is 35.5 Å². The van der Waals surface area contributed by atoms with Crippen LogP contribution < -0.4 is 9.47 Å². The zero-order valence-corrected chi connectivity index (χ0v) is 12.7. The molecular weight excluding hydrogens is 264 g/mol. The van der Waals surface area contributed by atoms with Crippen LogP contribution in [-0.2, 0) is 6.42 Å². The summed E-state index contributed by atoms with van der Waals surface area (Å²) in [5, 5.41) is 0. The van der Waals surface area contributed by atoms with Gasteiger partial charge in [-0.25, -0.2) is 0 Å². The van der Waals surface area contributed by atoms with Gasteiger partial charge >= 0.3 is 0 Å². The fourth-order valence-corrected chi connectivity index (χ4v) is 2.26. The Balaban J connectivity index is 2.15. The predicted octanol–water partition coefficient (Wildman–Crippen LogP) is 3.83. The highest BCUT2D eigenvalue weighted by Gasteiger charge is 2.17. The van der Waals surface area contributed by atoms with Gasteiger partial charge in [0, 0.05) is 6.42 Å². The molecule has 3 nitrogen and oxygen atoms in total. The first-order valence-corrected chi connectivity index (χ1v) is 6.95. The van der Waals surface area contributed by atoms with Gasteiger partial charge in [0.15, 0.2) is 5.78 Å². The van der Waals surface area contributed by atoms with E-state index in [4.69, 9.17) is 9.47 Å². The molecule has 0 aliphatic rings. The second kappa shape index (κ2) is 6.93. The Morgan fingerprint density at radius 1 is 0.952 bits per heavy atom. The molecule has 0 atom stereocenters. The molecule has 0 heterocycles. The molecule has 0 amide bonds. The van der Waals surface area contributed by atoms with E-state index in [9.17, 15) is 4.79 Å². The number of carbonyl (C=O) groups excluding carboxylic acids is 1. The lowest BCUT2D eigenvalue weighted by Gasteiger charge is -2.12. The van der Waals surface area contributed by atoms with Gasteiger partial charge in [0.25, 0.3) is 0 Å². The summed E-state index contributed by atoms with van der Waals surface area (Å²) in [6.45, 7) is 2.05. The van der Waals surface area contributed by atoms with Crippen LogP contribution in [0, 0.1) is 6.92 Å². The molecular formula is C18H20O3. The number of aryl methyl sites for hydroxylation is 2. The van der Waals surface area contributed by atoms with Crippen LogP contribution in [0.15, 0.2) is 42.5 Å². The van der Waals surface area contributed by atoms with Crippen molar-refractivity contribution in [3.63, 3.8) is 0 Å². The summed E-state index contributed by atoms with van der Waals surface area (Å²) >= 11 is 0. The fraction of sp³-hybridized carbons (Fsp3) is 0.278. The lowest BCUT2D eigenvalue weighted by molar-refractivity contribution is 0.0976. The van der Waals surface area contributed by atoms with Gasteiger partial charge in [-0.3, -0.25) is 4.79 Å². The highest BCUT2D eigenvalue weighted by Crippen LogP contribution is 2.29. The van der Waals surface area contributed by atoms with Crippen LogP contribution in [0.25, 0.3) is 0 Å². The predicted molar refractivity (Wildman–Crippen MR) is 83.4 cm³/mol. The molecule has 0 aromatic heterocycles. The Labute approximate surface area is 125 Å². The van der Waals surface area contributed by atoms with Gasteiger partial charge < -0.3 is 9.47 Å². The summed E-state index contributed by atoms with van der Waals surface area (Å²) in [4.78, 5) is 12.5. The van der Waals surface area contributed by atoms with Crippen molar-refractivity contribution in [2.24, 2.45) is 0 Å². The molecule has 0 aliphatic carbocycles. The molecule has 0 saturated carbocycles. The summed E-state index contributed by atoms with van der Waals surface area (Å²) in [7, 11) is 3.12. The highest BCUT2D eigenvalue weighted by atomic mass is 16.5. The maximum absolute atomic E-state index is 12.5. The molecule has 0 fully saturated rings. The Hall–Kier alpha value is -2.29. The van der Waals surface area contributed by atoms with Crippen LogP contribution in [-0.4, -0.2) is 20.0 Å². The number of ketones is 1. The lowest BCUT2D eigenvalue weighted by atomic mass is 10.0. The average molecular weight is 284 g/mol. The standard InChI is InChI=1S/C18H20O3/c1-13-7-9-14(10-8-13)11-12-15(19)18-16(20-2)5-4-6-17(18)21-3/h4-10H,11-12H2,1-3H3. The van der Waals surface area contributed by atoms with Crippen molar-refractivity contribution in [3.8, 4) is 11.5 Å². The largest absolute Gasteiger partial charge is 0.496 e. The van der Waals surface area contributed by atoms with Crippen molar-refractivity contribution in [2.75, 3.05) is 14.2 Å². The number of ether oxygens (including phenoxy) is 2. The van der Waals surface area contributed by atoms with Crippen molar-refractivity contribution in [1.82, 2.24) is 0 Å². The van der Waals surface area contributed by atoms with Crippen molar-refractivity contribution >= 4 is 5.78 Å². The molecule has 2 aromatic carbocycles. The normalized spacial score (nSPS) is 10.2. The third kappa shape index (κ3) is 3.63. The monoisotopic (exact) mass is 284 g/mol. The number of methoxy groups -OCH3 is 2. The third-order valence-corrected chi connectivity index (χ3v) is 3.47. The number of Topliss-reactive ketones (excluding diaryl/α,β-unsaturated/α-hetero) is 1. The second-order valence-electron chi connectivity index (χ2n) is 4.95. The molecule has 21 heavy (non-hydrogen) atoms. The summed E-state index contributed by atoms with van der Waals surface area (Å²) in [6, 6.07) is 13.6. The first-order valence-electron chi connectivity index (χ1n) is 6.95. The van der Waals surface area contributed by atoms with Crippen molar-refractivity contribution < 1.29 is 14.3 Å². The quantitative estimate of drug-likeness (QED) is 0.756. The number of carbonyl (C=O) groups is 1. The zero-order valence-electron chi connectivity index (χ0n) is 12.7. The number of benzene rings is 2. The molecule has 0 saturated heterocycles. The van der Waals surface area contributed by atoms with Crippen LogP contribution >= 0.6 is 0 Å². The van der Waals surface area contributed by atoms with E-state index in [0.717, 1.165) is 5.56 Å². The van der Waals surface area contributed by atoms with Crippen LogP contribution in [0.3, 0.4) is 0 Å². The minimum absolute atomic E-state index is 0.0323. The minimum Gasteiger partial charge on any atom is -0.496 e. The average Bonchev–Trinajstić information content (AvgIpc) is 2.53. The highest BCUT2D eigenvalue weighted by molar-refractivity contribution is 6.01. The molecule has 0 N–H and O–H groups in total. The van der Waals surface area contributed by atoms with E-state index in [1.165, 1.54) is 5.56 Å². The van der Waals surface area contributed by atoms with Crippen LogP contribution in [0.2, 0.25) is 0 Å². The molecule has 2 rings (SSSR count). The van der Waals surface area contributed by atoms with E-state index in [1.807, 2.05) is 6.07 Å². The van der Waals surface area contributed by atoms with E-state index < -0.39 is 0 Å². The van der Waals surface area contributed by atoms with E-state index in [1.54, 1.807) is 26.4 Å². The number of hydrogen-bond acceptors (Lipinski definition) is 3. The molecule has 0 spiro atoms. The Morgan fingerprint density at radius 2 is 1.52 bits per heavy atom.